The molecular weight excluding hydrogens is 300 g/mol. The second-order valence-corrected chi connectivity index (χ2v) is 5.19. The van der Waals surface area contributed by atoms with Gasteiger partial charge in [0.1, 0.15) is 0 Å². The smallest absolute Gasteiger partial charge is 0.328 e. The predicted molar refractivity (Wildman–Crippen MR) is 87.5 cm³/mol. The highest BCUT2D eigenvalue weighted by atomic mass is 32.2. The Labute approximate surface area is 133 Å². The molecule has 0 amide bonds. The minimum Gasteiger partial charge on any atom is -0.478 e. The van der Waals surface area contributed by atoms with Crippen molar-refractivity contribution in [3.05, 3.63) is 48.2 Å². The van der Waals surface area contributed by atoms with Crippen molar-refractivity contribution in [3.8, 4) is 17.3 Å². The monoisotopic (exact) mass is 316 g/mol. The molecule has 0 saturated carbocycles. The van der Waals surface area contributed by atoms with Crippen molar-refractivity contribution in [2.75, 3.05) is 5.75 Å². The molecule has 0 atom stereocenters. The molecule has 0 saturated heterocycles. The van der Waals surface area contributed by atoms with E-state index in [1.807, 2.05) is 24.3 Å². The maximum atomic E-state index is 10.7. The summed E-state index contributed by atoms with van der Waals surface area (Å²) in [6.45, 7) is 2.08. The first-order valence-corrected chi connectivity index (χ1v) is 7.74. The molecule has 2 aromatic rings. The minimum atomic E-state index is -0.997. The molecule has 1 aromatic heterocycles. The van der Waals surface area contributed by atoms with Crippen LogP contribution in [0.1, 0.15) is 18.9 Å². The van der Waals surface area contributed by atoms with E-state index in [9.17, 15) is 4.79 Å². The highest BCUT2D eigenvalue weighted by Gasteiger charge is 2.07. The van der Waals surface area contributed by atoms with Crippen LogP contribution in [0.15, 0.2) is 42.6 Å². The number of nitrogens with zero attached hydrogens (tertiary/aromatic N) is 2. The van der Waals surface area contributed by atoms with Gasteiger partial charge in [0.2, 0.25) is 5.88 Å². The van der Waals surface area contributed by atoms with E-state index >= 15 is 0 Å². The normalized spacial score (nSPS) is 10.8. The van der Waals surface area contributed by atoms with Crippen molar-refractivity contribution in [3.63, 3.8) is 0 Å². The van der Waals surface area contributed by atoms with Crippen molar-refractivity contribution in [1.29, 1.82) is 0 Å². The average Bonchev–Trinajstić information content (AvgIpc) is 2.54. The zero-order valence-corrected chi connectivity index (χ0v) is 12.9. The topological polar surface area (TPSA) is 72.3 Å². The van der Waals surface area contributed by atoms with E-state index < -0.39 is 5.97 Å². The first kappa shape index (κ1) is 16.0. The summed E-state index contributed by atoms with van der Waals surface area (Å²) < 4.78 is 5.50. The van der Waals surface area contributed by atoms with Gasteiger partial charge in [-0.3, -0.25) is 0 Å². The molecule has 0 bridgehead atoms. The number of benzene rings is 1. The summed E-state index contributed by atoms with van der Waals surface area (Å²) in [4.78, 5) is 19.3. The number of hydrogen-bond acceptors (Lipinski definition) is 5. The zero-order chi connectivity index (χ0) is 15.8. The third-order valence-electron chi connectivity index (χ3n) is 2.67. The van der Waals surface area contributed by atoms with Gasteiger partial charge in [0, 0.05) is 29.7 Å². The molecule has 0 fully saturated rings. The lowest BCUT2D eigenvalue weighted by Gasteiger charge is -2.06. The molecule has 0 aliphatic rings. The van der Waals surface area contributed by atoms with Crippen LogP contribution in [0.25, 0.3) is 17.5 Å². The summed E-state index contributed by atoms with van der Waals surface area (Å²) in [7, 11) is 0. The average molecular weight is 316 g/mol. The molecule has 114 valence electrons. The van der Waals surface area contributed by atoms with Crippen molar-refractivity contribution in [1.82, 2.24) is 9.97 Å². The van der Waals surface area contributed by atoms with Gasteiger partial charge in [-0.2, -0.15) is 4.98 Å². The van der Waals surface area contributed by atoms with Crippen molar-refractivity contribution in [2.45, 2.75) is 13.3 Å². The SMILES string of the molecule is CCCSOc1ccnc(-c2ccccc2C=CC(=O)O)n1. The Balaban J connectivity index is 2.28. The minimum absolute atomic E-state index is 0.487. The number of aromatic nitrogens is 2. The maximum absolute atomic E-state index is 10.7. The van der Waals surface area contributed by atoms with Gasteiger partial charge in [0.05, 0.1) is 12.0 Å². The van der Waals surface area contributed by atoms with E-state index in [1.54, 1.807) is 12.3 Å². The molecule has 0 aliphatic heterocycles. The van der Waals surface area contributed by atoms with E-state index in [0.29, 0.717) is 11.7 Å². The van der Waals surface area contributed by atoms with E-state index in [4.69, 9.17) is 9.29 Å². The molecule has 0 radical (unpaired) electrons. The van der Waals surface area contributed by atoms with E-state index in [2.05, 4.69) is 16.9 Å². The van der Waals surface area contributed by atoms with Crippen molar-refractivity contribution < 1.29 is 14.1 Å². The van der Waals surface area contributed by atoms with E-state index in [0.717, 1.165) is 29.4 Å². The van der Waals surface area contributed by atoms with Gasteiger partial charge in [-0.05, 0) is 18.1 Å². The number of aliphatic carboxylic acids is 1. The summed E-state index contributed by atoms with van der Waals surface area (Å²) in [5.74, 6) is 0.876. The molecule has 1 heterocycles. The summed E-state index contributed by atoms with van der Waals surface area (Å²) in [5.41, 5.74) is 1.49. The Kier molecular flexibility index (Phi) is 5.97. The molecule has 5 nitrogen and oxygen atoms in total. The Morgan fingerprint density at radius 2 is 2.18 bits per heavy atom. The lowest BCUT2D eigenvalue weighted by Crippen LogP contribution is -1.94. The summed E-state index contributed by atoms with van der Waals surface area (Å²) in [6.07, 6.45) is 5.27. The first-order valence-electron chi connectivity index (χ1n) is 6.83. The lowest BCUT2D eigenvalue weighted by atomic mass is 10.1. The van der Waals surface area contributed by atoms with Crippen LogP contribution in [0.5, 0.6) is 5.88 Å². The Bertz CT molecular complexity index is 674. The van der Waals surface area contributed by atoms with Crippen molar-refractivity contribution in [2.24, 2.45) is 0 Å². The van der Waals surface area contributed by atoms with Gasteiger partial charge in [0.25, 0.3) is 0 Å². The number of carboxylic acids is 1. The van der Waals surface area contributed by atoms with Crippen LogP contribution in [0.3, 0.4) is 0 Å². The third kappa shape index (κ3) is 4.60. The van der Waals surface area contributed by atoms with Crippen LogP contribution < -0.4 is 4.18 Å². The van der Waals surface area contributed by atoms with Crippen molar-refractivity contribution >= 4 is 24.1 Å². The summed E-state index contributed by atoms with van der Waals surface area (Å²) in [6, 6.07) is 9.05. The highest BCUT2D eigenvalue weighted by Crippen LogP contribution is 2.24. The zero-order valence-electron chi connectivity index (χ0n) is 12.1. The fourth-order valence-electron chi connectivity index (χ4n) is 1.71. The quantitative estimate of drug-likeness (QED) is 0.477. The number of carboxylic acid groups (broad SMARTS) is 1. The number of rotatable bonds is 7. The fourth-order valence-corrected chi connectivity index (χ4v) is 2.17. The van der Waals surface area contributed by atoms with Gasteiger partial charge in [-0.25, -0.2) is 9.78 Å². The van der Waals surface area contributed by atoms with Gasteiger partial charge in [-0.15, -0.1) is 0 Å². The van der Waals surface area contributed by atoms with Crippen LogP contribution in [0.2, 0.25) is 0 Å². The Morgan fingerprint density at radius 1 is 1.36 bits per heavy atom. The largest absolute Gasteiger partial charge is 0.478 e. The second-order valence-electron chi connectivity index (χ2n) is 4.38. The predicted octanol–water partition coefficient (Wildman–Crippen LogP) is 3.68. The molecule has 0 spiro atoms. The van der Waals surface area contributed by atoms with E-state index in [-0.39, 0.29) is 0 Å². The molecule has 0 unspecified atom stereocenters. The van der Waals surface area contributed by atoms with Gasteiger partial charge >= 0.3 is 5.97 Å². The van der Waals surface area contributed by atoms with Crippen LogP contribution in [-0.4, -0.2) is 26.8 Å². The lowest BCUT2D eigenvalue weighted by molar-refractivity contribution is -0.131. The van der Waals surface area contributed by atoms with E-state index in [1.165, 1.54) is 18.1 Å². The molecule has 1 aromatic carbocycles. The molecular formula is C16H16N2O3S. The van der Waals surface area contributed by atoms with Gasteiger partial charge in [0.15, 0.2) is 5.82 Å². The summed E-state index contributed by atoms with van der Waals surface area (Å²) >= 11 is 1.35. The third-order valence-corrected chi connectivity index (χ3v) is 3.53. The maximum Gasteiger partial charge on any atom is 0.328 e. The molecule has 22 heavy (non-hydrogen) atoms. The van der Waals surface area contributed by atoms with Gasteiger partial charge < -0.3 is 9.29 Å². The standard InChI is InChI=1S/C16H16N2O3S/c1-2-11-22-21-14-9-10-17-16(18-14)13-6-4-3-5-12(13)7-8-15(19)20/h3-10H,2,11H2,1H3,(H,19,20). The molecule has 0 aliphatic carbocycles. The Morgan fingerprint density at radius 3 is 2.95 bits per heavy atom. The first-order chi connectivity index (χ1) is 10.7. The second kappa shape index (κ2) is 8.19. The van der Waals surface area contributed by atoms with Crippen LogP contribution >= 0.6 is 12.0 Å². The van der Waals surface area contributed by atoms with Crippen LogP contribution in [0, 0.1) is 0 Å². The van der Waals surface area contributed by atoms with Gasteiger partial charge in [-0.1, -0.05) is 31.2 Å². The molecule has 6 heteroatoms. The fraction of sp³-hybridized carbons (Fsp3) is 0.188. The number of carbonyl (C=O) groups is 1. The summed E-state index contributed by atoms with van der Waals surface area (Å²) in [5, 5.41) is 8.76. The highest BCUT2D eigenvalue weighted by molar-refractivity contribution is 7.95. The molecule has 1 N–H and O–H groups in total. The number of hydrogen-bond donors (Lipinski definition) is 1. The van der Waals surface area contributed by atoms with Crippen LogP contribution in [0.4, 0.5) is 0 Å². The van der Waals surface area contributed by atoms with Crippen LogP contribution in [-0.2, 0) is 4.79 Å². The Hall–Kier alpha value is -2.34. The molecule has 2 rings (SSSR count).